The Labute approximate surface area is 221 Å². The first-order valence-electron chi connectivity index (χ1n) is 12.2. The summed E-state index contributed by atoms with van der Waals surface area (Å²) in [4.78, 5) is 36.6. The number of hydrogen-bond donors (Lipinski definition) is 4. The number of benzene rings is 3. The molecule has 1 saturated carbocycles. The normalized spacial score (nSPS) is 13.2. The highest BCUT2D eigenvalue weighted by molar-refractivity contribution is 6.24. The summed E-state index contributed by atoms with van der Waals surface area (Å²) in [5, 5.41) is 14.5. The lowest BCUT2D eigenvalue weighted by Crippen LogP contribution is -2.26. The first kappa shape index (κ1) is 26.4. The van der Waals surface area contributed by atoms with Gasteiger partial charge in [0.1, 0.15) is 5.75 Å². The quantitative estimate of drug-likeness (QED) is 0.142. The zero-order valence-corrected chi connectivity index (χ0v) is 20.9. The summed E-state index contributed by atoms with van der Waals surface area (Å²) in [7, 11) is 1.59. The van der Waals surface area contributed by atoms with Crippen LogP contribution in [0.15, 0.2) is 78.9 Å². The molecule has 0 heterocycles. The van der Waals surface area contributed by atoms with Gasteiger partial charge in [0, 0.05) is 29.8 Å². The molecular formula is C30H29N3O5. The molecule has 0 unspecified atom stereocenters. The van der Waals surface area contributed by atoms with Crippen molar-refractivity contribution in [3.05, 3.63) is 107 Å². The Kier molecular flexibility index (Phi) is 8.69. The zero-order chi connectivity index (χ0) is 26.9. The Morgan fingerprint density at radius 3 is 2.32 bits per heavy atom. The maximum Gasteiger partial charge on any atom is 0.274 e. The second-order valence-corrected chi connectivity index (χ2v) is 8.89. The highest BCUT2D eigenvalue weighted by Crippen LogP contribution is 2.26. The van der Waals surface area contributed by atoms with Crippen LogP contribution in [0.1, 0.15) is 45.5 Å². The summed E-state index contributed by atoms with van der Waals surface area (Å²) in [6.45, 7) is 0.296. The number of carbonyl (C=O) groups is 3. The molecule has 8 nitrogen and oxygen atoms in total. The number of hydrogen-bond acceptors (Lipinski definition) is 5. The molecule has 38 heavy (non-hydrogen) atoms. The van der Waals surface area contributed by atoms with E-state index in [0.717, 1.165) is 35.1 Å². The molecule has 4 rings (SSSR count). The summed E-state index contributed by atoms with van der Waals surface area (Å²) in [5.74, 6) is -0.295. The molecule has 194 valence electrons. The van der Waals surface area contributed by atoms with E-state index in [9.17, 15) is 14.4 Å². The van der Waals surface area contributed by atoms with Crippen LogP contribution in [0, 0.1) is 0 Å². The molecule has 1 fully saturated rings. The van der Waals surface area contributed by atoms with Crippen molar-refractivity contribution in [2.45, 2.75) is 25.4 Å². The van der Waals surface area contributed by atoms with E-state index in [1.54, 1.807) is 42.9 Å². The molecule has 3 amide bonds. The Hall–Kier alpha value is -4.69. The van der Waals surface area contributed by atoms with E-state index in [1.165, 1.54) is 6.08 Å². The predicted molar refractivity (Wildman–Crippen MR) is 145 cm³/mol. The molecule has 0 saturated heterocycles. The van der Waals surface area contributed by atoms with Crippen molar-refractivity contribution in [3.63, 3.8) is 0 Å². The van der Waals surface area contributed by atoms with Gasteiger partial charge in [-0.1, -0.05) is 48.5 Å². The largest absolute Gasteiger partial charge is 0.497 e. The van der Waals surface area contributed by atoms with Crippen LogP contribution in [-0.2, 0) is 16.1 Å². The monoisotopic (exact) mass is 511 g/mol. The minimum Gasteiger partial charge on any atom is -0.497 e. The van der Waals surface area contributed by atoms with Crippen molar-refractivity contribution >= 4 is 35.4 Å². The van der Waals surface area contributed by atoms with Crippen LogP contribution in [0.25, 0.3) is 17.7 Å². The van der Waals surface area contributed by atoms with Crippen LogP contribution in [0.2, 0.25) is 0 Å². The number of carbonyl (C=O) groups excluding carboxylic acids is 3. The summed E-state index contributed by atoms with van der Waals surface area (Å²) in [6, 6.07) is 21.7. The third-order valence-corrected chi connectivity index (χ3v) is 6.00. The Bertz CT molecular complexity index is 1360. The van der Waals surface area contributed by atoms with Gasteiger partial charge in [0.2, 0.25) is 5.91 Å². The van der Waals surface area contributed by atoms with E-state index in [-0.39, 0.29) is 17.9 Å². The lowest BCUT2D eigenvalue weighted by atomic mass is 10.0. The Morgan fingerprint density at radius 1 is 0.947 bits per heavy atom. The molecule has 8 heteroatoms. The highest BCUT2D eigenvalue weighted by Gasteiger charge is 2.25. The van der Waals surface area contributed by atoms with Crippen molar-refractivity contribution in [1.82, 2.24) is 16.1 Å². The number of nitrogens with one attached hydrogen (secondary N) is 3. The number of rotatable bonds is 10. The van der Waals surface area contributed by atoms with E-state index in [1.807, 2.05) is 54.6 Å². The molecule has 0 bridgehead atoms. The number of methoxy groups -OCH3 is 1. The van der Waals surface area contributed by atoms with Gasteiger partial charge in [0.15, 0.2) is 0 Å². The molecule has 0 atom stereocenters. The molecule has 1 aliphatic rings. The minimum atomic E-state index is -0.594. The fraction of sp³-hybridized carbons (Fsp3) is 0.167. The van der Waals surface area contributed by atoms with Crippen LogP contribution in [0.5, 0.6) is 5.75 Å². The van der Waals surface area contributed by atoms with Crippen LogP contribution in [-0.4, -0.2) is 36.1 Å². The van der Waals surface area contributed by atoms with Gasteiger partial charge in [-0.05, 0) is 71.5 Å². The number of amides is 3. The second kappa shape index (κ2) is 12.5. The van der Waals surface area contributed by atoms with E-state index in [2.05, 4.69) is 10.6 Å². The lowest BCUT2D eigenvalue weighted by Gasteiger charge is -2.10. The van der Waals surface area contributed by atoms with Crippen molar-refractivity contribution < 1.29 is 24.3 Å². The van der Waals surface area contributed by atoms with E-state index >= 15 is 0 Å². The predicted octanol–water partition coefficient (Wildman–Crippen LogP) is 3.96. The van der Waals surface area contributed by atoms with Gasteiger partial charge in [0.25, 0.3) is 11.8 Å². The highest BCUT2D eigenvalue weighted by atomic mass is 16.5. The van der Waals surface area contributed by atoms with E-state index in [0.29, 0.717) is 23.4 Å². The van der Waals surface area contributed by atoms with Crippen LogP contribution >= 0.6 is 0 Å². The van der Waals surface area contributed by atoms with E-state index < -0.39 is 5.91 Å². The summed E-state index contributed by atoms with van der Waals surface area (Å²) in [6.07, 6.45) is 7.01. The first-order valence-corrected chi connectivity index (χ1v) is 12.2. The van der Waals surface area contributed by atoms with Crippen molar-refractivity contribution in [2.24, 2.45) is 0 Å². The lowest BCUT2D eigenvalue weighted by molar-refractivity contribution is -0.117. The third kappa shape index (κ3) is 7.41. The SMILES string of the molecule is COc1cccc(/C(=C\c2ccc(C=CC(=O)NCc3ccc(C(=O)NO)cc3)cc2)C(=O)NC2CC2)c1. The molecular weight excluding hydrogens is 482 g/mol. The molecule has 0 aliphatic heterocycles. The van der Waals surface area contributed by atoms with E-state index in [4.69, 9.17) is 9.94 Å². The molecule has 0 radical (unpaired) electrons. The number of hydroxylamine groups is 1. The Balaban J connectivity index is 1.39. The first-order chi connectivity index (χ1) is 18.4. The van der Waals surface area contributed by atoms with Gasteiger partial charge < -0.3 is 15.4 Å². The van der Waals surface area contributed by atoms with Crippen LogP contribution in [0.3, 0.4) is 0 Å². The zero-order valence-electron chi connectivity index (χ0n) is 20.9. The fourth-order valence-electron chi connectivity index (χ4n) is 3.69. The van der Waals surface area contributed by atoms with Gasteiger partial charge in [0.05, 0.1) is 7.11 Å². The van der Waals surface area contributed by atoms with Crippen molar-refractivity contribution in [2.75, 3.05) is 7.11 Å². The number of ether oxygens (including phenoxy) is 1. The summed E-state index contributed by atoms with van der Waals surface area (Å²) >= 11 is 0. The minimum absolute atomic E-state index is 0.118. The molecule has 4 N–H and O–H groups in total. The van der Waals surface area contributed by atoms with Gasteiger partial charge in [-0.15, -0.1) is 0 Å². The standard InChI is InChI=1S/C30H29N3O5/c1-38-26-4-2-3-24(18-26)27(30(36)32-25-14-15-25)17-21-7-5-20(6-8-21)11-16-28(34)31-19-22-9-12-23(13-10-22)29(35)33-37/h2-13,16-18,25,37H,14-15,19H2,1H3,(H,31,34)(H,32,36)(H,33,35)/b16-11?,27-17+. The summed E-state index contributed by atoms with van der Waals surface area (Å²) < 4.78 is 5.33. The third-order valence-electron chi connectivity index (χ3n) is 6.00. The maximum absolute atomic E-state index is 13.0. The summed E-state index contributed by atoms with van der Waals surface area (Å²) in [5.41, 5.74) is 5.73. The van der Waals surface area contributed by atoms with Gasteiger partial charge >= 0.3 is 0 Å². The molecule has 3 aromatic carbocycles. The van der Waals surface area contributed by atoms with Crippen molar-refractivity contribution in [3.8, 4) is 5.75 Å². The molecule has 0 aromatic heterocycles. The van der Waals surface area contributed by atoms with Gasteiger partial charge in [-0.25, -0.2) is 5.48 Å². The van der Waals surface area contributed by atoms with Crippen LogP contribution < -0.4 is 20.9 Å². The fourth-order valence-corrected chi connectivity index (χ4v) is 3.69. The average Bonchev–Trinajstić information content (AvgIpc) is 3.78. The topological polar surface area (TPSA) is 117 Å². The molecule has 0 spiro atoms. The molecule has 3 aromatic rings. The second-order valence-electron chi connectivity index (χ2n) is 8.89. The van der Waals surface area contributed by atoms with Gasteiger partial charge in [-0.3, -0.25) is 19.6 Å². The Morgan fingerprint density at radius 2 is 1.66 bits per heavy atom. The average molecular weight is 512 g/mol. The van der Waals surface area contributed by atoms with Crippen molar-refractivity contribution in [1.29, 1.82) is 0 Å². The smallest absolute Gasteiger partial charge is 0.274 e. The van der Waals surface area contributed by atoms with Gasteiger partial charge in [-0.2, -0.15) is 0 Å². The van der Waals surface area contributed by atoms with Crippen LogP contribution in [0.4, 0.5) is 0 Å². The molecule has 1 aliphatic carbocycles. The maximum atomic E-state index is 13.0.